The predicted molar refractivity (Wildman–Crippen MR) is 110 cm³/mol. The summed E-state index contributed by atoms with van der Waals surface area (Å²) in [5, 5.41) is 18.2. The van der Waals surface area contributed by atoms with Crippen molar-refractivity contribution < 1.29 is 9.50 Å². The second-order valence-electron chi connectivity index (χ2n) is 7.65. The van der Waals surface area contributed by atoms with Gasteiger partial charge in [0.05, 0.1) is 16.9 Å². The van der Waals surface area contributed by atoms with Crippen LogP contribution in [0.3, 0.4) is 0 Å². The molecule has 148 valence electrons. The lowest BCUT2D eigenvalue weighted by atomic mass is 9.96. The largest absolute Gasteiger partial charge is 0.505 e. The number of nitrogens with zero attached hydrogens (tertiary/aromatic N) is 3. The Morgan fingerprint density at radius 3 is 2.93 bits per heavy atom. The summed E-state index contributed by atoms with van der Waals surface area (Å²) in [6.45, 7) is 3.85. The molecule has 0 saturated carbocycles. The lowest BCUT2D eigenvalue weighted by Crippen LogP contribution is -2.26. The van der Waals surface area contributed by atoms with Gasteiger partial charge in [-0.1, -0.05) is 13.0 Å². The minimum atomic E-state index is -0.617. The van der Waals surface area contributed by atoms with E-state index < -0.39 is 5.82 Å². The number of aromatic nitrogens is 4. The van der Waals surface area contributed by atoms with E-state index in [1.165, 1.54) is 12.1 Å². The van der Waals surface area contributed by atoms with E-state index in [2.05, 4.69) is 27.1 Å². The third kappa shape index (κ3) is 2.98. The standard InChI is InChI=1S/C22H22FN5O/c1-3-12-9-20(29)16(23)10-15(12)13-4-5-14-18(8-13)26-27-21(14)22-24-17-6-7-28(2)11-19(17)25-22/h4-5,8-10,29H,3,6-7,11H2,1-2H3,(H,24,25)(H,26,27). The quantitative estimate of drug-likeness (QED) is 0.493. The van der Waals surface area contributed by atoms with Gasteiger partial charge >= 0.3 is 0 Å². The molecule has 7 heteroatoms. The Morgan fingerprint density at radius 1 is 1.24 bits per heavy atom. The molecule has 0 unspecified atom stereocenters. The Bertz CT molecular complexity index is 1230. The second kappa shape index (κ2) is 6.70. The van der Waals surface area contributed by atoms with Crippen molar-refractivity contribution in [3.05, 3.63) is 53.1 Å². The fraction of sp³-hybridized carbons (Fsp3) is 0.273. The van der Waals surface area contributed by atoms with Crippen molar-refractivity contribution in [3.8, 4) is 28.4 Å². The molecule has 0 bridgehead atoms. The Labute approximate surface area is 167 Å². The van der Waals surface area contributed by atoms with Crippen LogP contribution in [-0.4, -0.2) is 43.8 Å². The molecule has 1 aliphatic rings. The number of aromatic hydroxyl groups is 1. The van der Waals surface area contributed by atoms with Gasteiger partial charge in [-0.3, -0.25) is 5.10 Å². The lowest BCUT2D eigenvalue weighted by molar-refractivity contribution is 0.307. The average molecular weight is 391 g/mol. The Balaban J connectivity index is 1.57. The van der Waals surface area contributed by atoms with E-state index in [9.17, 15) is 9.50 Å². The molecule has 2 aromatic carbocycles. The zero-order valence-corrected chi connectivity index (χ0v) is 16.4. The first-order valence-corrected chi connectivity index (χ1v) is 9.80. The maximum absolute atomic E-state index is 14.0. The smallest absolute Gasteiger partial charge is 0.165 e. The molecule has 0 saturated heterocycles. The van der Waals surface area contributed by atoms with Crippen LogP contribution in [0.1, 0.15) is 23.9 Å². The Morgan fingerprint density at radius 2 is 2.10 bits per heavy atom. The molecule has 6 nitrogen and oxygen atoms in total. The number of hydrogen-bond acceptors (Lipinski definition) is 4. The van der Waals surface area contributed by atoms with Gasteiger partial charge in [0.2, 0.25) is 0 Å². The number of H-pyrrole nitrogens is 2. The van der Waals surface area contributed by atoms with Crippen molar-refractivity contribution in [1.29, 1.82) is 0 Å². The monoisotopic (exact) mass is 391 g/mol. The number of phenolic OH excluding ortho intramolecular Hbond substituents is 1. The third-order valence-corrected chi connectivity index (χ3v) is 5.67. The van der Waals surface area contributed by atoms with Crippen molar-refractivity contribution in [1.82, 2.24) is 25.1 Å². The minimum Gasteiger partial charge on any atom is -0.505 e. The molecule has 1 aliphatic heterocycles. The molecule has 3 heterocycles. The summed E-state index contributed by atoms with van der Waals surface area (Å²) in [6.07, 6.45) is 1.63. The molecule has 3 N–H and O–H groups in total. The van der Waals surface area contributed by atoms with Crippen LogP contribution in [0.5, 0.6) is 5.75 Å². The van der Waals surface area contributed by atoms with Crippen LogP contribution in [0.15, 0.2) is 30.3 Å². The Kier molecular flexibility index (Phi) is 4.13. The van der Waals surface area contributed by atoms with Gasteiger partial charge in [-0.2, -0.15) is 5.10 Å². The van der Waals surface area contributed by atoms with E-state index in [1.54, 1.807) is 0 Å². The SMILES string of the molecule is CCc1cc(O)c(F)cc1-c1ccc2c(-c3nc4c([nH]3)CN(C)CC4)n[nH]c2c1. The zero-order chi connectivity index (χ0) is 20.1. The summed E-state index contributed by atoms with van der Waals surface area (Å²) < 4.78 is 14.0. The number of hydrogen-bond donors (Lipinski definition) is 3. The molecule has 0 atom stereocenters. The number of aryl methyl sites for hydroxylation is 1. The van der Waals surface area contributed by atoms with Gasteiger partial charge in [0.25, 0.3) is 0 Å². The van der Waals surface area contributed by atoms with Crippen LogP contribution in [0, 0.1) is 5.82 Å². The molecule has 4 aromatic rings. The number of benzene rings is 2. The first kappa shape index (κ1) is 17.9. The molecule has 0 amide bonds. The second-order valence-corrected chi connectivity index (χ2v) is 7.65. The van der Waals surface area contributed by atoms with Crippen LogP contribution < -0.4 is 0 Å². The van der Waals surface area contributed by atoms with E-state index in [1.807, 2.05) is 25.1 Å². The normalized spacial score (nSPS) is 14.4. The highest BCUT2D eigenvalue weighted by molar-refractivity contribution is 5.94. The van der Waals surface area contributed by atoms with Gasteiger partial charge in [-0.05, 0) is 54.4 Å². The van der Waals surface area contributed by atoms with Crippen molar-refractivity contribution >= 4 is 10.9 Å². The highest BCUT2D eigenvalue weighted by Gasteiger charge is 2.20. The third-order valence-electron chi connectivity index (χ3n) is 5.67. The molecular formula is C22H22FN5O. The summed E-state index contributed by atoms with van der Waals surface area (Å²) in [7, 11) is 2.10. The van der Waals surface area contributed by atoms with Crippen molar-refractivity contribution in [2.24, 2.45) is 0 Å². The van der Waals surface area contributed by atoms with E-state index in [0.29, 0.717) is 6.42 Å². The number of likely N-dealkylation sites (N-methyl/N-ethyl adjacent to an activating group) is 1. The fourth-order valence-electron chi connectivity index (χ4n) is 4.07. The summed E-state index contributed by atoms with van der Waals surface area (Å²) in [5.41, 5.74) is 6.45. The molecule has 29 heavy (non-hydrogen) atoms. The molecule has 0 radical (unpaired) electrons. The number of phenols is 1. The topological polar surface area (TPSA) is 80.8 Å². The first-order valence-electron chi connectivity index (χ1n) is 9.80. The van der Waals surface area contributed by atoms with E-state index >= 15 is 0 Å². The molecule has 0 fully saturated rings. The van der Waals surface area contributed by atoms with Crippen LogP contribution in [-0.2, 0) is 19.4 Å². The minimum absolute atomic E-state index is 0.317. The van der Waals surface area contributed by atoms with Gasteiger partial charge < -0.3 is 15.0 Å². The zero-order valence-electron chi connectivity index (χ0n) is 16.4. The fourth-order valence-corrected chi connectivity index (χ4v) is 4.07. The predicted octanol–water partition coefficient (Wildman–Crippen LogP) is 4.02. The van der Waals surface area contributed by atoms with Crippen molar-refractivity contribution in [3.63, 3.8) is 0 Å². The lowest BCUT2D eigenvalue weighted by Gasteiger charge is -2.20. The van der Waals surface area contributed by atoms with Crippen LogP contribution in [0.2, 0.25) is 0 Å². The summed E-state index contributed by atoms with van der Waals surface area (Å²) in [4.78, 5) is 10.5. The maximum atomic E-state index is 14.0. The number of imidazole rings is 1. The summed E-state index contributed by atoms with van der Waals surface area (Å²) in [6, 6.07) is 8.80. The highest BCUT2D eigenvalue weighted by atomic mass is 19.1. The summed E-state index contributed by atoms with van der Waals surface area (Å²) >= 11 is 0. The molecule has 0 aliphatic carbocycles. The molecule has 2 aromatic heterocycles. The van der Waals surface area contributed by atoms with Gasteiger partial charge in [0, 0.05) is 24.9 Å². The number of aromatic amines is 2. The van der Waals surface area contributed by atoms with E-state index in [-0.39, 0.29) is 5.75 Å². The van der Waals surface area contributed by atoms with Crippen LogP contribution >= 0.6 is 0 Å². The van der Waals surface area contributed by atoms with E-state index in [0.717, 1.165) is 70.0 Å². The van der Waals surface area contributed by atoms with Gasteiger partial charge in [0.15, 0.2) is 17.4 Å². The van der Waals surface area contributed by atoms with E-state index in [4.69, 9.17) is 4.98 Å². The van der Waals surface area contributed by atoms with Gasteiger partial charge in [-0.15, -0.1) is 0 Å². The number of rotatable bonds is 3. The molecule has 0 spiro atoms. The van der Waals surface area contributed by atoms with Crippen LogP contribution in [0.25, 0.3) is 33.5 Å². The number of fused-ring (bicyclic) bond motifs is 2. The van der Waals surface area contributed by atoms with Gasteiger partial charge in [0.1, 0.15) is 5.69 Å². The average Bonchev–Trinajstić information content (AvgIpc) is 3.32. The first-order chi connectivity index (χ1) is 14.0. The number of halogens is 1. The van der Waals surface area contributed by atoms with Crippen molar-refractivity contribution in [2.45, 2.75) is 26.3 Å². The highest BCUT2D eigenvalue weighted by Crippen LogP contribution is 2.33. The van der Waals surface area contributed by atoms with Crippen molar-refractivity contribution in [2.75, 3.05) is 13.6 Å². The van der Waals surface area contributed by atoms with Crippen LogP contribution in [0.4, 0.5) is 4.39 Å². The molecule has 5 rings (SSSR count). The maximum Gasteiger partial charge on any atom is 0.165 e. The molecular weight excluding hydrogens is 369 g/mol. The van der Waals surface area contributed by atoms with Gasteiger partial charge in [-0.25, -0.2) is 9.37 Å². The summed E-state index contributed by atoms with van der Waals surface area (Å²) in [5.74, 6) is -0.161. The Hall–Kier alpha value is -3.19. The number of nitrogens with one attached hydrogen (secondary N) is 2.